The molecule has 0 amide bonds. The molecule has 1 nitrogen and oxygen atoms in total. The second-order valence-electron chi connectivity index (χ2n) is 6.09. The maximum absolute atomic E-state index is 5.29. The van der Waals surface area contributed by atoms with E-state index in [1.54, 1.807) is 7.11 Å². The van der Waals surface area contributed by atoms with Crippen LogP contribution in [0.2, 0.25) is 0 Å². The van der Waals surface area contributed by atoms with Crippen LogP contribution < -0.4 is 4.74 Å². The fourth-order valence-electron chi connectivity index (χ4n) is 3.37. The zero-order chi connectivity index (χ0) is 17.2. The number of fused-ring (bicyclic) bond motifs is 1. The summed E-state index contributed by atoms with van der Waals surface area (Å²) >= 11 is 0. The van der Waals surface area contributed by atoms with Crippen molar-refractivity contribution in [1.82, 2.24) is 0 Å². The Hall–Kier alpha value is -3.06. The molecule has 4 aromatic rings. The van der Waals surface area contributed by atoms with Gasteiger partial charge in [-0.25, -0.2) is 0 Å². The molecule has 25 heavy (non-hydrogen) atoms. The van der Waals surface area contributed by atoms with Crippen LogP contribution in [0, 0.1) is 6.92 Å². The Kier molecular flexibility index (Phi) is 3.99. The fraction of sp³-hybridized carbons (Fsp3) is 0.0417. The van der Waals surface area contributed by atoms with Crippen molar-refractivity contribution in [3.05, 3.63) is 97.4 Å². The second-order valence-corrected chi connectivity index (χ2v) is 6.09. The Balaban J connectivity index is 1.98. The third-order valence-corrected chi connectivity index (χ3v) is 4.61. The predicted octanol–water partition coefficient (Wildman–Crippen LogP) is 6.36. The van der Waals surface area contributed by atoms with Crippen LogP contribution in [0.1, 0.15) is 5.56 Å². The van der Waals surface area contributed by atoms with Gasteiger partial charge >= 0.3 is 0 Å². The van der Waals surface area contributed by atoms with Crippen LogP contribution in [-0.4, -0.2) is 7.11 Å². The van der Waals surface area contributed by atoms with Crippen LogP contribution in [0.3, 0.4) is 0 Å². The first kappa shape index (κ1) is 15.5. The molecule has 0 spiro atoms. The van der Waals surface area contributed by atoms with Crippen LogP contribution >= 0.6 is 0 Å². The minimum atomic E-state index is 0.862. The molecule has 0 saturated heterocycles. The SMILES string of the molecule is [CH2]c1cccc(-c2ccc(OC)cc2)c1-c1cccc2ccccc12. The topological polar surface area (TPSA) is 9.23 Å². The van der Waals surface area contributed by atoms with Gasteiger partial charge in [0.25, 0.3) is 0 Å². The normalized spacial score (nSPS) is 10.8. The largest absolute Gasteiger partial charge is 0.497 e. The van der Waals surface area contributed by atoms with Gasteiger partial charge in [0.1, 0.15) is 5.75 Å². The van der Waals surface area contributed by atoms with E-state index in [0.717, 1.165) is 16.9 Å². The molecule has 0 aliphatic carbocycles. The van der Waals surface area contributed by atoms with Crippen LogP contribution in [0.15, 0.2) is 84.9 Å². The molecule has 0 aliphatic heterocycles. The van der Waals surface area contributed by atoms with Gasteiger partial charge in [-0.1, -0.05) is 72.8 Å². The van der Waals surface area contributed by atoms with Crippen molar-refractivity contribution >= 4 is 10.8 Å². The lowest BCUT2D eigenvalue weighted by Gasteiger charge is -2.16. The molecule has 4 rings (SSSR count). The Labute approximate surface area is 148 Å². The predicted molar refractivity (Wildman–Crippen MR) is 106 cm³/mol. The molecule has 121 valence electrons. The highest BCUT2D eigenvalue weighted by Gasteiger charge is 2.12. The van der Waals surface area contributed by atoms with Crippen LogP contribution in [0.5, 0.6) is 5.75 Å². The molecule has 0 fully saturated rings. The number of ether oxygens (including phenoxy) is 1. The number of hydrogen-bond donors (Lipinski definition) is 0. The molecular weight excluding hydrogens is 304 g/mol. The smallest absolute Gasteiger partial charge is 0.118 e. The van der Waals surface area contributed by atoms with Gasteiger partial charge in [-0.15, -0.1) is 0 Å². The molecule has 0 aromatic heterocycles. The lowest BCUT2D eigenvalue weighted by molar-refractivity contribution is 0.415. The first-order chi connectivity index (χ1) is 12.3. The zero-order valence-corrected chi connectivity index (χ0v) is 14.2. The van der Waals surface area contributed by atoms with Gasteiger partial charge < -0.3 is 4.74 Å². The van der Waals surface area contributed by atoms with E-state index < -0.39 is 0 Å². The van der Waals surface area contributed by atoms with Gasteiger partial charge in [-0.05, 0) is 57.6 Å². The van der Waals surface area contributed by atoms with E-state index in [1.807, 2.05) is 12.1 Å². The van der Waals surface area contributed by atoms with Gasteiger partial charge in [-0.2, -0.15) is 0 Å². The molecule has 4 aromatic carbocycles. The molecular formula is C24H19O. The minimum Gasteiger partial charge on any atom is -0.497 e. The van der Waals surface area contributed by atoms with Crippen molar-refractivity contribution in [1.29, 1.82) is 0 Å². The second kappa shape index (κ2) is 6.45. The highest BCUT2D eigenvalue weighted by atomic mass is 16.5. The molecule has 0 N–H and O–H groups in total. The summed E-state index contributed by atoms with van der Waals surface area (Å²) < 4.78 is 5.29. The van der Waals surface area contributed by atoms with Crippen molar-refractivity contribution in [2.24, 2.45) is 0 Å². The fourth-order valence-corrected chi connectivity index (χ4v) is 3.37. The summed E-state index contributed by atoms with van der Waals surface area (Å²) in [5, 5.41) is 2.49. The zero-order valence-electron chi connectivity index (χ0n) is 14.2. The first-order valence-corrected chi connectivity index (χ1v) is 8.35. The third-order valence-electron chi connectivity index (χ3n) is 4.61. The van der Waals surface area contributed by atoms with Gasteiger partial charge in [-0.3, -0.25) is 0 Å². The maximum Gasteiger partial charge on any atom is 0.118 e. The van der Waals surface area contributed by atoms with E-state index in [1.165, 1.54) is 27.5 Å². The molecule has 0 saturated carbocycles. The van der Waals surface area contributed by atoms with Crippen molar-refractivity contribution in [2.45, 2.75) is 0 Å². The first-order valence-electron chi connectivity index (χ1n) is 8.35. The van der Waals surface area contributed by atoms with E-state index in [9.17, 15) is 0 Å². The van der Waals surface area contributed by atoms with E-state index in [4.69, 9.17) is 4.74 Å². The average molecular weight is 323 g/mol. The van der Waals surface area contributed by atoms with Gasteiger partial charge in [0, 0.05) is 0 Å². The van der Waals surface area contributed by atoms with Crippen LogP contribution in [0.25, 0.3) is 33.0 Å². The van der Waals surface area contributed by atoms with Crippen molar-refractivity contribution in [2.75, 3.05) is 7.11 Å². The highest BCUT2D eigenvalue weighted by molar-refractivity contribution is 6.01. The van der Waals surface area contributed by atoms with Crippen LogP contribution in [-0.2, 0) is 0 Å². The quantitative estimate of drug-likeness (QED) is 0.426. The van der Waals surface area contributed by atoms with E-state index in [-0.39, 0.29) is 0 Å². The summed E-state index contributed by atoms with van der Waals surface area (Å²) in [5.74, 6) is 0.862. The molecule has 0 bridgehead atoms. The Bertz CT molecular complexity index is 1020. The standard InChI is InChI=1S/C24H19O/c1-17-7-5-11-22(19-13-15-20(25-2)16-14-19)24(17)23-12-6-9-18-8-3-4-10-21(18)23/h3-16H,1H2,2H3. The maximum atomic E-state index is 5.29. The van der Waals surface area contributed by atoms with Crippen molar-refractivity contribution in [3.63, 3.8) is 0 Å². The Morgan fingerprint density at radius 1 is 0.680 bits per heavy atom. The molecule has 0 atom stereocenters. The lowest BCUT2D eigenvalue weighted by atomic mass is 9.88. The number of methoxy groups -OCH3 is 1. The average Bonchev–Trinajstić information content (AvgIpc) is 2.67. The highest BCUT2D eigenvalue weighted by Crippen LogP contribution is 2.38. The van der Waals surface area contributed by atoms with Gasteiger partial charge in [0.2, 0.25) is 0 Å². The lowest BCUT2D eigenvalue weighted by Crippen LogP contribution is -1.91. The molecule has 1 heteroatoms. The summed E-state index contributed by atoms with van der Waals surface area (Å²) in [7, 11) is 1.69. The molecule has 1 radical (unpaired) electrons. The summed E-state index contributed by atoms with van der Waals surface area (Å²) in [6.45, 7) is 4.30. The summed E-state index contributed by atoms with van der Waals surface area (Å²) in [5.41, 5.74) is 5.78. The van der Waals surface area contributed by atoms with Crippen molar-refractivity contribution in [3.8, 4) is 28.0 Å². The van der Waals surface area contributed by atoms with Gasteiger partial charge in [0.05, 0.1) is 7.11 Å². The molecule has 0 aliphatic rings. The Morgan fingerprint density at radius 3 is 2.16 bits per heavy atom. The van der Waals surface area contributed by atoms with E-state index >= 15 is 0 Å². The third kappa shape index (κ3) is 2.78. The van der Waals surface area contributed by atoms with Crippen molar-refractivity contribution < 1.29 is 4.74 Å². The number of rotatable bonds is 3. The number of hydrogen-bond acceptors (Lipinski definition) is 1. The molecule has 0 heterocycles. The molecule has 0 unspecified atom stereocenters. The minimum absolute atomic E-state index is 0.862. The summed E-state index contributed by atoms with van der Waals surface area (Å²) in [4.78, 5) is 0. The van der Waals surface area contributed by atoms with Gasteiger partial charge in [0.15, 0.2) is 0 Å². The van der Waals surface area contributed by atoms with Crippen LogP contribution in [0.4, 0.5) is 0 Å². The Morgan fingerprint density at radius 2 is 1.36 bits per heavy atom. The van der Waals surface area contributed by atoms with E-state index in [2.05, 4.69) is 79.7 Å². The van der Waals surface area contributed by atoms with E-state index in [0.29, 0.717) is 0 Å². The monoisotopic (exact) mass is 323 g/mol. The summed E-state index contributed by atoms with van der Waals surface area (Å²) in [6.07, 6.45) is 0. The summed E-state index contributed by atoms with van der Waals surface area (Å²) in [6, 6.07) is 29.4. The number of benzene rings is 4.